The second-order valence-corrected chi connectivity index (χ2v) is 10.8. The van der Waals surface area contributed by atoms with Gasteiger partial charge in [0.05, 0.1) is 12.1 Å². The normalized spacial score (nSPS) is 11.5. The average molecular weight is 567 g/mol. The number of rotatable bonds is 9. The second-order valence-electron chi connectivity index (χ2n) is 10.8. The molecule has 3 aromatic heterocycles. The van der Waals surface area contributed by atoms with Crippen LogP contribution in [0, 0.1) is 0 Å². The van der Waals surface area contributed by atoms with Gasteiger partial charge in [-0.2, -0.15) is 0 Å². The number of fused-ring (bicyclic) bond motifs is 3. The average Bonchev–Trinajstić information content (AvgIpc) is 3.76. The van der Waals surface area contributed by atoms with E-state index < -0.39 is 0 Å². The van der Waals surface area contributed by atoms with E-state index in [0.717, 1.165) is 44.1 Å². The topological polar surface area (TPSA) is 92.0 Å². The number of amides is 1. The van der Waals surface area contributed by atoms with E-state index in [1.807, 2.05) is 102 Å². The molecule has 43 heavy (non-hydrogen) atoms. The molecule has 0 atom stereocenters. The highest BCUT2D eigenvalue weighted by Crippen LogP contribution is 2.26. The number of aromatic nitrogens is 3. The third kappa shape index (κ3) is 5.22. The molecule has 4 aromatic carbocycles. The van der Waals surface area contributed by atoms with Crippen LogP contribution in [0.25, 0.3) is 38.4 Å². The molecule has 1 amide bonds. The molecule has 0 saturated carbocycles. The van der Waals surface area contributed by atoms with Crippen molar-refractivity contribution in [1.29, 1.82) is 0 Å². The minimum atomic E-state index is -0.180. The highest BCUT2D eigenvalue weighted by Gasteiger charge is 2.12. The number of nitrogens with one attached hydrogen (secondary N) is 2. The molecule has 0 spiro atoms. The van der Waals surface area contributed by atoms with Gasteiger partial charge in [-0.05, 0) is 96.7 Å². The largest absolute Gasteiger partial charge is 0.395 e. The summed E-state index contributed by atoms with van der Waals surface area (Å²) in [6.07, 6.45) is 5.02. The van der Waals surface area contributed by atoms with Crippen LogP contribution in [-0.4, -0.2) is 37.5 Å². The number of aliphatic hydroxyl groups is 1. The van der Waals surface area contributed by atoms with Crippen LogP contribution in [0.4, 0.5) is 5.69 Å². The zero-order valence-corrected chi connectivity index (χ0v) is 23.5. The van der Waals surface area contributed by atoms with Gasteiger partial charge in [-0.25, -0.2) is 0 Å². The number of hydrogen-bond acceptors (Lipinski definition) is 3. The van der Waals surface area contributed by atoms with Gasteiger partial charge in [0.2, 0.25) is 0 Å². The Labute approximate surface area is 248 Å². The summed E-state index contributed by atoms with van der Waals surface area (Å²) in [6, 6.07) is 33.3. The minimum absolute atomic E-state index is 0.0638. The predicted octanol–water partition coefficient (Wildman–Crippen LogP) is 7.13. The van der Waals surface area contributed by atoms with Gasteiger partial charge in [-0.15, -0.1) is 0 Å². The van der Waals surface area contributed by atoms with Crippen LogP contribution in [0.1, 0.15) is 32.8 Å². The second kappa shape index (κ2) is 11.1. The van der Waals surface area contributed by atoms with Gasteiger partial charge < -0.3 is 24.5 Å². The monoisotopic (exact) mass is 566 g/mol. The Morgan fingerprint density at radius 2 is 1.51 bits per heavy atom. The maximum absolute atomic E-state index is 13.0. The van der Waals surface area contributed by atoms with Crippen molar-refractivity contribution < 1.29 is 14.7 Å². The number of hydrogen-bond donors (Lipinski definition) is 3. The van der Waals surface area contributed by atoms with Crippen LogP contribution >= 0.6 is 0 Å². The van der Waals surface area contributed by atoms with E-state index >= 15 is 0 Å². The van der Waals surface area contributed by atoms with E-state index in [1.54, 1.807) is 6.07 Å². The van der Waals surface area contributed by atoms with E-state index in [1.165, 1.54) is 0 Å². The number of ketones is 1. The first-order chi connectivity index (χ1) is 21.1. The highest BCUT2D eigenvalue weighted by molar-refractivity contribution is 6.07. The number of para-hydroxylation sites is 1. The van der Waals surface area contributed by atoms with E-state index in [9.17, 15) is 14.7 Å². The predicted molar refractivity (Wildman–Crippen MR) is 171 cm³/mol. The molecule has 0 bridgehead atoms. The Hall–Kier alpha value is -5.40. The minimum Gasteiger partial charge on any atom is -0.395 e. The van der Waals surface area contributed by atoms with Crippen LogP contribution in [0.3, 0.4) is 0 Å². The number of aliphatic hydroxyl groups excluding tert-OH is 1. The van der Waals surface area contributed by atoms with E-state index in [4.69, 9.17) is 0 Å². The number of benzene rings is 4. The highest BCUT2D eigenvalue weighted by atomic mass is 16.3. The van der Waals surface area contributed by atoms with Crippen molar-refractivity contribution in [3.8, 4) is 5.69 Å². The molecular weight excluding hydrogens is 536 g/mol. The number of aryl methyl sites for hydroxylation is 1. The maximum Gasteiger partial charge on any atom is 0.255 e. The Morgan fingerprint density at radius 3 is 2.35 bits per heavy atom. The number of Topliss-reactive ketones (excluding diaryl/α,β-unsaturated/α-hetero) is 1. The lowest BCUT2D eigenvalue weighted by molar-refractivity contribution is 0.0981. The molecule has 7 nitrogen and oxygen atoms in total. The molecule has 7 aromatic rings. The van der Waals surface area contributed by atoms with Crippen molar-refractivity contribution in [1.82, 2.24) is 14.1 Å². The van der Waals surface area contributed by atoms with Gasteiger partial charge >= 0.3 is 0 Å². The molecule has 0 fully saturated rings. The standard InChI is InChI=1S/C36H30N4O3/c41-20-19-39-17-15-26-21-28(7-12-33(26)39)36(43)38-30-8-13-34-27(23-30)16-18-40(34)31-10-5-24(6-11-31)35(42)14-9-29-22-25-3-1-2-4-32(25)37-29/h1-8,10-13,15-18,21-23,37,41H,9,14,19-20H2,(H,38,43). The Balaban J connectivity index is 1.02. The summed E-state index contributed by atoms with van der Waals surface area (Å²) in [6.45, 7) is 0.581. The quantitative estimate of drug-likeness (QED) is 0.162. The van der Waals surface area contributed by atoms with E-state index in [0.29, 0.717) is 36.2 Å². The van der Waals surface area contributed by atoms with Crippen molar-refractivity contribution in [2.45, 2.75) is 19.4 Å². The first-order valence-corrected chi connectivity index (χ1v) is 14.4. The zero-order chi connectivity index (χ0) is 29.3. The van der Waals surface area contributed by atoms with Crippen LogP contribution in [0.5, 0.6) is 0 Å². The SMILES string of the molecule is O=C(CCc1cc2ccccc2[nH]1)c1ccc(-n2ccc3cc(NC(=O)c4ccc5c(ccn5CCO)c4)ccc32)cc1. The fourth-order valence-corrected chi connectivity index (χ4v) is 5.76. The summed E-state index contributed by atoms with van der Waals surface area (Å²) in [4.78, 5) is 29.3. The fraction of sp³-hybridized carbons (Fsp3) is 0.111. The third-order valence-corrected chi connectivity index (χ3v) is 8.00. The number of anilines is 1. The summed E-state index contributed by atoms with van der Waals surface area (Å²) in [5.41, 5.74) is 7.08. The van der Waals surface area contributed by atoms with Gasteiger partial charge in [0.15, 0.2) is 5.78 Å². The molecule has 7 rings (SSSR count). The summed E-state index contributed by atoms with van der Waals surface area (Å²) in [5.74, 6) is -0.0646. The molecule has 0 saturated heterocycles. The molecule has 0 aliphatic rings. The number of nitrogens with zero attached hydrogens (tertiary/aromatic N) is 2. The van der Waals surface area contributed by atoms with Crippen molar-refractivity contribution >= 4 is 50.1 Å². The van der Waals surface area contributed by atoms with Crippen LogP contribution in [-0.2, 0) is 13.0 Å². The molecule has 0 unspecified atom stereocenters. The fourth-order valence-electron chi connectivity index (χ4n) is 5.76. The summed E-state index contributed by atoms with van der Waals surface area (Å²) >= 11 is 0. The summed E-state index contributed by atoms with van der Waals surface area (Å²) in [7, 11) is 0. The molecule has 3 heterocycles. The Kier molecular flexibility index (Phi) is 6.85. The number of carbonyl (C=O) groups is 2. The molecule has 212 valence electrons. The van der Waals surface area contributed by atoms with Gasteiger partial charge in [-0.1, -0.05) is 18.2 Å². The lowest BCUT2D eigenvalue weighted by Gasteiger charge is -2.09. The zero-order valence-electron chi connectivity index (χ0n) is 23.5. The molecular formula is C36H30N4O3. The van der Waals surface area contributed by atoms with Gasteiger partial charge in [0, 0.05) is 75.4 Å². The third-order valence-electron chi connectivity index (χ3n) is 8.00. The van der Waals surface area contributed by atoms with E-state index in [2.05, 4.69) is 27.0 Å². The molecule has 0 aliphatic heterocycles. The molecule has 0 aliphatic carbocycles. The molecule has 3 N–H and O–H groups in total. The van der Waals surface area contributed by atoms with Crippen molar-refractivity contribution in [2.75, 3.05) is 11.9 Å². The lowest BCUT2D eigenvalue weighted by Crippen LogP contribution is -2.11. The Morgan fingerprint density at radius 1 is 0.744 bits per heavy atom. The summed E-state index contributed by atoms with van der Waals surface area (Å²) < 4.78 is 4.04. The Bertz CT molecular complexity index is 2080. The number of H-pyrrole nitrogens is 1. The van der Waals surface area contributed by atoms with Crippen LogP contribution < -0.4 is 5.32 Å². The maximum atomic E-state index is 13.0. The van der Waals surface area contributed by atoms with Crippen molar-refractivity contribution in [2.24, 2.45) is 0 Å². The number of aromatic amines is 1. The van der Waals surface area contributed by atoms with Crippen molar-refractivity contribution in [3.63, 3.8) is 0 Å². The van der Waals surface area contributed by atoms with Crippen LogP contribution in [0.15, 0.2) is 116 Å². The molecule has 0 radical (unpaired) electrons. The summed E-state index contributed by atoms with van der Waals surface area (Å²) in [5, 5.41) is 15.4. The van der Waals surface area contributed by atoms with Gasteiger partial charge in [0.1, 0.15) is 0 Å². The molecule has 7 heteroatoms. The van der Waals surface area contributed by atoms with Crippen molar-refractivity contribution in [3.05, 3.63) is 132 Å². The first-order valence-electron chi connectivity index (χ1n) is 14.4. The van der Waals surface area contributed by atoms with Gasteiger partial charge in [-0.3, -0.25) is 9.59 Å². The smallest absolute Gasteiger partial charge is 0.255 e. The van der Waals surface area contributed by atoms with Crippen LogP contribution in [0.2, 0.25) is 0 Å². The van der Waals surface area contributed by atoms with E-state index in [-0.39, 0.29) is 18.3 Å². The lowest BCUT2D eigenvalue weighted by atomic mass is 10.0. The first kappa shape index (κ1) is 26.5. The number of carbonyl (C=O) groups excluding carboxylic acids is 2. The van der Waals surface area contributed by atoms with Gasteiger partial charge in [0.25, 0.3) is 5.91 Å².